The summed E-state index contributed by atoms with van der Waals surface area (Å²) >= 11 is 2.07. The predicted molar refractivity (Wildman–Crippen MR) is 119 cm³/mol. The van der Waals surface area contributed by atoms with Gasteiger partial charge in [-0.3, -0.25) is 0 Å². The minimum absolute atomic E-state index is 0. The highest BCUT2D eigenvalue weighted by Crippen LogP contribution is 2.25. The normalized spacial score (nSPS) is 20.4. The van der Waals surface area contributed by atoms with Crippen LogP contribution in [-0.2, 0) is 6.54 Å². The summed E-state index contributed by atoms with van der Waals surface area (Å²) in [6.45, 7) is 6.95. The number of nitrogens with zero attached hydrogens (tertiary/aromatic N) is 3. The lowest BCUT2D eigenvalue weighted by atomic mass is 10.2. The van der Waals surface area contributed by atoms with Crippen LogP contribution < -0.4 is 15.5 Å². The molecule has 0 saturated carbocycles. The number of aliphatic imine (C=N–C) groups is 1. The van der Waals surface area contributed by atoms with Crippen molar-refractivity contribution in [1.82, 2.24) is 15.6 Å². The number of pyridine rings is 1. The van der Waals surface area contributed by atoms with Crippen LogP contribution in [0.2, 0.25) is 0 Å². The van der Waals surface area contributed by atoms with Gasteiger partial charge in [0.1, 0.15) is 5.82 Å². The van der Waals surface area contributed by atoms with Crippen LogP contribution in [-0.4, -0.2) is 48.1 Å². The highest BCUT2D eigenvalue weighted by atomic mass is 127. The number of rotatable bonds is 6. The van der Waals surface area contributed by atoms with E-state index in [0.29, 0.717) is 6.54 Å². The van der Waals surface area contributed by atoms with Gasteiger partial charge in [0.15, 0.2) is 5.96 Å². The van der Waals surface area contributed by atoms with Crippen molar-refractivity contribution in [3.63, 3.8) is 0 Å². The third kappa shape index (κ3) is 6.51. The van der Waals surface area contributed by atoms with E-state index in [0.717, 1.165) is 43.2 Å². The van der Waals surface area contributed by atoms with Gasteiger partial charge < -0.3 is 15.5 Å². The second-order valence-corrected chi connectivity index (χ2v) is 7.84. The Balaban J connectivity index is 0.00000225. The lowest BCUT2D eigenvalue weighted by Crippen LogP contribution is -2.40. The maximum Gasteiger partial charge on any atom is 0.191 e. The number of nitrogens with one attached hydrogen (secondary N) is 2. The summed E-state index contributed by atoms with van der Waals surface area (Å²) in [7, 11) is 0. The zero-order valence-corrected chi connectivity index (χ0v) is 18.2. The molecular weight excluding hydrogens is 445 g/mol. The molecule has 7 heteroatoms. The Morgan fingerprint density at radius 3 is 2.88 bits per heavy atom. The summed E-state index contributed by atoms with van der Waals surface area (Å²) in [6.07, 6.45) is 7.13. The minimum atomic E-state index is 0. The van der Waals surface area contributed by atoms with E-state index in [4.69, 9.17) is 4.99 Å². The van der Waals surface area contributed by atoms with Crippen molar-refractivity contribution in [3.8, 4) is 0 Å². The molecule has 25 heavy (non-hydrogen) atoms. The third-order valence-electron chi connectivity index (χ3n) is 4.53. The van der Waals surface area contributed by atoms with E-state index in [-0.39, 0.29) is 24.0 Å². The van der Waals surface area contributed by atoms with Gasteiger partial charge in [0.2, 0.25) is 0 Å². The average molecular weight is 475 g/mol. The molecule has 3 rings (SSSR count). The van der Waals surface area contributed by atoms with Gasteiger partial charge in [0, 0.05) is 37.6 Å². The van der Waals surface area contributed by atoms with Crippen molar-refractivity contribution in [3.05, 3.63) is 23.9 Å². The molecule has 0 aromatic carbocycles. The summed E-state index contributed by atoms with van der Waals surface area (Å²) in [6, 6.07) is 4.25. The van der Waals surface area contributed by atoms with Crippen molar-refractivity contribution in [2.24, 2.45) is 4.99 Å². The van der Waals surface area contributed by atoms with Crippen molar-refractivity contribution in [2.75, 3.05) is 36.8 Å². The Bertz CT molecular complexity index is 542. The number of thioether (sulfide) groups is 1. The molecule has 2 aliphatic heterocycles. The Labute approximate surface area is 172 Å². The molecule has 1 atom stereocenters. The molecule has 0 spiro atoms. The second kappa shape index (κ2) is 11.1. The van der Waals surface area contributed by atoms with Crippen LogP contribution in [0.15, 0.2) is 23.3 Å². The first-order chi connectivity index (χ1) is 11.8. The smallest absolute Gasteiger partial charge is 0.191 e. The van der Waals surface area contributed by atoms with Crippen molar-refractivity contribution in [1.29, 1.82) is 0 Å². The van der Waals surface area contributed by atoms with E-state index in [9.17, 15) is 0 Å². The van der Waals surface area contributed by atoms with Crippen LogP contribution in [0.4, 0.5) is 5.82 Å². The van der Waals surface area contributed by atoms with Crippen LogP contribution in [0.5, 0.6) is 0 Å². The first-order valence-electron chi connectivity index (χ1n) is 9.19. The summed E-state index contributed by atoms with van der Waals surface area (Å²) in [4.78, 5) is 11.6. The maximum absolute atomic E-state index is 4.75. The van der Waals surface area contributed by atoms with Crippen LogP contribution in [0.1, 0.15) is 38.2 Å². The lowest BCUT2D eigenvalue weighted by Gasteiger charge is -2.17. The molecule has 0 radical (unpaired) electrons. The zero-order valence-electron chi connectivity index (χ0n) is 15.0. The number of guanidine groups is 1. The summed E-state index contributed by atoms with van der Waals surface area (Å²) < 4.78 is 0. The summed E-state index contributed by atoms with van der Waals surface area (Å²) in [5.41, 5.74) is 1.22. The van der Waals surface area contributed by atoms with E-state index in [1.54, 1.807) is 0 Å². The maximum atomic E-state index is 4.75. The highest BCUT2D eigenvalue weighted by Gasteiger charge is 2.16. The van der Waals surface area contributed by atoms with Gasteiger partial charge in [0.05, 0.1) is 6.54 Å². The van der Waals surface area contributed by atoms with Gasteiger partial charge in [-0.2, -0.15) is 11.8 Å². The zero-order chi connectivity index (χ0) is 16.6. The van der Waals surface area contributed by atoms with Gasteiger partial charge >= 0.3 is 0 Å². The van der Waals surface area contributed by atoms with Crippen molar-refractivity contribution in [2.45, 2.75) is 44.4 Å². The van der Waals surface area contributed by atoms with Crippen molar-refractivity contribution >= 4 is 47.5 Å². The first kappa shape index (κ1) is 20.6. The number of hydrogen-bond acceptors (Lipinski definition) is 4. The average Bonchev–Trinajstić information content (AvgIpc) is 3.31. The van der Waals surface area contributed by atoms with Gasteiger partial charge in [0.25, 0.3) is 0 Å². The molecule has 1 aromatic heterocycles. The molecule has 1 aromatic rings. The quantitative estimate of drug-likeness (QED) is 0.376. The van der Waals surface area contributed by atoms with E-state index >= 15 is 0 Å². The minimum Gasteiger partial charge on any atom is -0.357 e. The van der Waals surface area contributed by atoms with Crippen LogP contribution >= 0.6 is 35.7 Å². The predicted octanol–water partition coefficient (Wildman–Crippen LogP) is 3.25. The highest BCUT2D eigenvalue weighted by molar-refractivity contribution is 14.0. The number of anilines is 1. The molecule has 140 valence electrons. The lowest BCUT2D eigenvalue weighted by molar-refractivity contribution is 0.727. The third-order valence-corrected chi connectivity index (χ3v) is 5.92. The van der Waals surface area contributed by atoms with Crippen molar-refractivity contribution < 1.29 is 0 Å². The second-order valence-electron chi connectivity index (χ2n) is 6.43. The SMILES string of the molecule is CCNC(=NCc1ccnc(N2CCCC2)c1)NCC1CCCS1.I. The van der Waals surface area contributed by atoms with Gasteiger partial charge in [-0.25, -0.2) is 9.98 Å². The first-order valence-corrected chi connectivity index (χ1v) is 10.2. The van der Waals surface area contributed by atoms with Gasteiger partial charge in [-0.15, -0.1) is 24.0 Å². The Kier molecular flexibility index (Phi) is 9.16. The fourth-order valence-electron chi connectivity index (χ4n) is 3.21. The van der Waals surface area contributed by atoms with E-state index in [1.807, 2.05) is 6.20 Å². The number of hydrogen-bond donors (Lipinski definition) is 2. The molecule has 2 fully saturated rings. The van der Waals surface area contributed by atoms with Gasteiger partial charge in [-0.1, -0.05) is 0 Å². The van der Waals surface area contributed by atoms with E-state index in [1.165, 1.54) is 37.0 Å². The molecule has 0 aliphatic carbocycles. The summed E-state index contributed by atoms with van der Waals surface area (Å²) in [5.74, 6) is 3.32. The van der Waals surface area contributed by atoms with Crippen LogP contribution in [0.3, 0.4) is 0 Å². The largest absolute Gasteiger partial charge is 0.357 e. The molecule has 0 bridgehead atoms. The van der Waals surface area contributed by atoms with Crippen LogP contribution in [0, 0.1) is 0 Å². The Morgan fingerprint density at radius 2 is 2.16 bits per heavy atom. The molecular formula is C18H30IN5S. The van der Waals surface area contributed by atoms with E-state index < -0.39 is 0 Å². The fourth-order valence-corrected chi connectivity index (χ4v) is 4.41. The summed E-state index contributed by atoms with van der Waals surface area (Å²) in [5, 5.41) is 7.58. The molecule has 3 heterocycles. The number of aromatic nitrogens is 1. The molecule has 5 nitrogen and oxygen atoms in total. The topological polar surface area (TPSA) is 52.6 Å². The molecule has 2 N–H and O–H groups in total. The van der Waals surface area contributed by atoms with Gasteiger partial charge in [-0.05, 0) is 56.1 Å². The molecule has 2 aliphatic rings. The monoisotopic (exact) mass is 475 g/mol. The molecule has 1 unspecified atom stereocenters. The Morgan fingerprint density at radius 1 is 1.32 bits per heavy atom. The van der Waals surface area contributed by atoms with Crippen LogP contribution in [0.25, 0.3) is 0 Å². The Hall–Kier alpha value is -0.700. The number of halogens is 1. The van der Waals surface area contributed by atoms with E-state index in [2.05, 4.69) is 51.3 Å². The fraction of sp³-hybridized carbons (Fsp3) is 0.667. The standard InChI is InChI=1S/C18H29N5S.HI/c1-2-19-18(22-14-16-6-5-11-24-16)21-13-15-7-8-20-17(12-15)23-9-3-4-10-23;/h7-8,12,16H,2-6,9-11,13-14H2,1H3,(H2,19,21,22);1H. The molecule has 0 amide bonds. The molecule has 2 saturated heterocycles.